The fourth-order valence-electron chi connectivity index (χ4n) is 0.851. The van der Waals surface area contributed by atoms with E-state index in [0.717, 1.165) is 25.9 Å². The first kappa shape index (κ1) is 11.8. The van der Waals surface area contributed by atoms with E-state index < -0.39 is 0 Å². The van der Waals surface area contributed by atoms with Crippen LogP contribution in [0.15, 0.2) is 0 Å². The molecule has 0 aliphatic carbocycles. The summed E-state index contributed by atoms with van der Waals surface area (Å²) in [6.07, 6.45) is 1.16. The second-order valence-corrected chi connectivity index (χ2v) is 3.21. The molecule has 0 bridgehead atoms. The molecule has 0 aromatic carbocycles. The molecular formula is C7H21N5. The summed E-state index contributed by atoms with van der Waals surface area (Å²) < 4.78 is 0. The molecule has 0 aliphatic rings. The van der Waals surface area contributed by atoms with E-state index in [1.807, 2.05) is 7.05 Å². The normalized spacial score (nSPS) is 12.0. The Morgan fingerprint density at radius 3 is 1.50 bits per heavy atom. The summed E-state index contributed by atoms with van der Waals surface area (Å²) >= 11 is 0. The van der Waals surface area contributed by atoms with Gasteiger partial charge in [0.15, 0.2) is 0 Å². The topological polar surface area (TPSA) is 107 Å². The molecule has 0 aromatic heterocycles. The summed E-state index contributed by atoms with van der Waals surface area (Å²) in [6.45, 7) is 1.79. The van der Waals surface area contributed by atoms with Gasteiger partial charge in [-0.2, -0.15) is 0 Å². The Balaban J connectivity index is 3.27. The van der Waals surface area contributed by atoms with Gasteiger partial charge in [-0.25, -0.2) is 0 Å². The molecule has 0 aromatic rings. The van der Waals surface area contributed by atoms with Crippen molar-refractivity contribution in [3.05, 3.63) is 0 Å². The van der Waals surface area contributed by atoms with Crippen molar-refractivity contribution in [3.8, 4) is 0 Å². The second kappa shape index (κ2) is 6.33. The maximum Gasteiger partial charge on any atom is 0.0533 e. The van der Waals surface area contributed by atoms with Gasteiger partial charge in [0.1, 0.15) is 0 Å². The molecule has 0 spiro atoms. The van der Waals surface area contributed by atoms with E-state index in [0.29, 0.717) is 0 Å². The lowest BCUT2D eigenvalue weighted by atomic mass is 10.3. The van der Waals surface area contributed by atoms with Gasteiger partial charge in [0.25, 0.3) is 0 Å². The Hall–Kier alpha value is -0.200. The highest BCUT2D eigenvalue weighted by Gasteiger charge is 2.01. The van der Waals surface area contributed by atoms with Crippen molar-refractivity contribution < 1.29 is 0 Å². The lowest BCUT2D eigenvalue weighted by Gasteiger charge is -2.18. The molecule has 5 nitrogen and oxygen atoms in total. The van der Waals surface area contributed by atoms with Gasteiger partial charge >= 0.3 is 0 Å². The van der Waals surface area contributed by atoms with E-state index >= 15 is 0 Å². The first-order chi connectivity index (χ1) is 5.52. The smallest absolute Gasteiger partial charge is 0.0533 e. The van der Waals surface area contributed by atoms with Gasteiger partial charge in [0, 0.05) is 13.1 Å². The van der Waals surface area contributed by atoms with Crippen LogP contribution in [-0.2, 0) is 0 Å². The van der Waals surface area contributed by atoms with Gasteiger partial charge in [-0.3, -0.25) is 0 Å². The van der Waals surface area contributed by atoms with Crippen LogP contribution in [0, 0.1) is 0 Å². The van der Waals surface area contributed by atoms with Crippen LogP contribution in [0.1, 0.15) is 12.8 Å². The predicted octanol–water partition coefficient (Wildman–Crippen LogP) is -1.81. The van der Waals surface area contributed by atoms with Gasteiger partial charge in [-0.15, -0.1) is 0 Å². The third-order valence-corrected chi connectivity index (χ3v) is 1.69. The molecule has 0 amide bonds. The summed E-state index contributed by atoms with van der Waals surface area (Å²) in [5.41, 5.74) is 21.6. The number of rotatable bonds is 6. The number of nitrogens with two attached hydrogens (primary N) is 4. The van der Waals surface area contributed by atoms with E-state index in [4.69, 9.17) is 22.9 Å². The maximum atomic E-state index is 5.40. The number of nitrogens with zero attached hydrogens (tertiary/aromatic N) is 1. The summed E-state index contributed by atoms with van der Waals surface area (Å²) in [5.74, 6) is 0. The highest BCUT2D eigenvalue weighted by atomic mass is 15.1. The zero-order valence-electron chi connectivity index (χ0n) is 7.74. The average Bonchev–Trinajstić information content (AvgIpc) is 1.96. The van der Waals surface area contributed by atoms with E-state index in [1.165, 1.54) is 0 Å². The first-order valence-corrected chi connectivity index (χ1v) is 4.23. The van der Waals surface area contributed by atoms with E-state index in [1.54, 1.807) is 0 Å². The van der Waals surface area contributed by atoms with E-state index in [2.05, 4.69) is 4.90 Å². The molecule has 0 fully saturated rings. The van der Waals surface area contributed by atoms with Crippen LogP contribution in [0.25, 0.3) is 0 Å². The molecule has 12 heavy (non-hydrogen) atoms. The third kappa shape index (κ3) is 7.90. The van der Waals surface area contributed by atoms with E-state index in [-0.39, 0.29) is 12.3 Å². The summed E-state index contributed by atoms with van der Waals surface area (Å²) in [4.78, 5) is 2.12. The van der Waals surface area contributed by atoms with Crippen LogP contribution in [0.2, 0.25) is 0 Å². The zero-order chi connectivity index (χ0) is 9.56. The number of hydrogen-bond donors (Lipinski definition) is 4. The van der Waals surface area contributed by atoms with Crippen molar-refractivity contribution in [2.75, 3.05) is 20.1 Å². The maximum absolute atomic E-state index is 5.40. The van der Waals surface area contributed by atoms with Crippen LogP contribution >= 0.6 is 0 Å². The molecule has 0 heterocycles. The second-order valence-electron chi connectivity index (χ2n) is 3.21. The summed E-state index contributed by atoms with van der Waals surface area (Å²) in [6, 6.07) is 0. The SMILES string of the molecule is CN(CCC(N)N)CCC(N)N. The Bertz CT molecular complexity index is 92.0. The molecule has 74 valence electrons. The van der Waals surface area contributed by atoms with Gasteiger partial charge in [-0.1, -0.05) is 0 Å². The van der Waals surface area contributed by atoms with Crippen molar-refractivity contribution in [2.45, 2.75) is 25.2 Å². The minimum absolute atomic E-state index is 0.223. The number of hydrogen-bond acceptors (Lipinski definition) is 5. The lowest BCUT2D eigenvalue weighted by molar-refractivity contribution is 0.305. The van der Waals surface area contributed by atoms with Gasteiger partial charge in [-0.05, 0) is 19.9 Å². The Morgan fingerprint density at radius 2 is 1.25 bits per heavy atom. The van der Waals surface area contributed by atoms with Gasteiger partial charge in [0.2, 0.25) is 0 Å². The molecule has 0 aliphatic heterocycles. The summed E-state index contributed by atoms with van der Waals surface area (Å²) in [7, 11) is 2.00. The molecule has 0 saturated carbocycles. The largest absolute Gasteiger partial charge is 0.316 e. The Kier molecular flexibility index (Phi) is 6.23. The van der Waals surface area contributed by atoms with Crippen LogP contribution in [0.4, 0.5) is 0 Å². The first-order valence-electron chi connectivity index (χ1n) is 4.23. The molecule has 5 heteroatoms. The van der Waals surface area contributed by atoms with Crippen LogP contribution < -0.4 is 22.9 Å². The molecule has 0 atom stereocenters. The van der Waals surface area contributed by atoms with Crippen molar-refractivity contribution in [1.82, 2.24) is 4.90 Å². The quantitative estimate of drug-likeness (QED) is 0.356. The van der Waals surface area contributed by atoms with Crippen molar-refractivity contribution in [1.29, 1.82) is 0 Å². The molecule has 0 saturated heterocycles. The Labute approximate surface area is 74.0 Å². The Morgan fingerprint density at radius 1 is 0.917 bits per heavy atom. The van der Waals surface area contributed by atoms with Crippen molar-refractivity contribution in [2.24, 2.45) is 22.9 Å². The highest BCUT2D eigenvalue weighted by molar-refractivity contribution is 4.59. The zero-order valence-corrected chi connectivity index (χ0v) is 7.74. The minimum Gasteiger partial charge on any atom is -0.316 e. The minimum atomic E-state index is -0.223. The average molecular weight is 175 g/mol. The highest BCUT2D eigenvalue weighted by Crippen LogP contribution is 1.90. The molecular weight excluding hydrogens is 154 g/mol. The van der Waals surface area contributed by atoms with Crippen molar-refractivity contribution >= 4 is 0 Å². The molecule has 8 N–H and O–H groups in total. The lowest BCUT2D eigenvalue weighted by Crippen LogP contribution is -2.37. The standard InChI is InChI=1S/C7H21N5/c1-12(4-2-6(8)9)5-3-7(10)11/h6-7H,2-5,8-11H2,1H3. The fraction of sp³-hybridized carbons (Fsp3) is 1.00. The fourth-order valence-corrected chi connectivity index (χ4v) is 0.851. The van der Waals surface area contributed by atoms with Crippen LogP contribution in [0.5, 0.6) is 0 Å². The van der Waals surface area contributed by atoms with Crippen molar-refractivity contribution in [3.63, 3.8) is 0 Å². The van der Waals surface area contributed by atoms with Gasteiger partial charge in [0.05, 0.1) is 12.3 Å². The van der Waals surface area contributed by atoms with Crippen LogP contribution in [0.3, 0.4) is 0 Å². The summed E-state index contributed by atoms with van der Waals surface area (Å²) in [5, 5.41) is 0. The van der Waals surface area contributed by atoms with Crippen LogP contribution in [-0.4, -0.2) is 37.4 Å². The molecule has 0 unspecified atom stereocenters. The van der Waals surface area contributed by atoms with Gasteiger partial charge < -0.3 is 27.8 Å². The molecule has 0 rings (SSSR count). The monoisotopic (exact) mass is 175 g/mol. The molecule has 0 radical (unpaired) electrons. The predicted molar refractivity (Wildman–Crippen MR) is 51.1 cm³/mol. The van der Waals surface area contributed by atoms with E-state index in [9.17, 15) is 0 Å². The third-order valence-electron chi connectivity index (χ3n) is 1.69.